The van der Waals surface area contributed by atoms with Gasteiger partial charge in [-0.25, -0.2) is 14.4 Å². The molecule has 3 aromatic carbocycles. The van der Waals surface area contributed by atoms with Crippen molar-refractivity contribution in [3.63, 3.8) is 0 Å². The van der Waals surface area contributed by atoms with Crippen LogP contribution in [0.4, 0.5) is 4.39 Å². The van der Waals surface area contributed by atoms with Crippen LogP contribution in [0.15, 0.2) is 91.4 Å². The molecule has 3 aromatic heterocycles. The molecule has 5 N–H and O–H groups in total. The maximum Gasteiger partial charge on any atom is 0.244 e. The number of aromatic amines is 2. The van der Waals surface area contributed by atoms with Gasteiger partial charge in [0.2, 0.25) is 5.91 Å². The van der Waals surface area contributed by atoms with Gasteiger partial charge in [-0.15, -0.1) is 0 Å². The second-order valence-electron chi connectivity index (χ2n) is 12.4. The average molecular weight is 627 g/mol. The Bertz CT molecular complexity index is 2070. The van der Waals surface area contributed by atoms with E-state index >= 15 is 4.39 Å². The van der Waals surface area contributed by atoms with Gasteiger partial charge < -0.3 is 25.9 Å². The van der Waals surface area contributed by atoms with Crippen molar-refractivity contribution in [2.75, 3.05) is 13.1 Å². The van der Waals surface area contributed by atoms with Gasteiger partial charge in [0.15, 0.2) is 0 Å². The third-order valence-electron chi connectivity index (χ3n) is 9.45. The molecule has 0 bridgehead atoms. The molecule has 47 heavy (non-hydrogen) atoms. The number of carbonyl (C=O) groups is 1. The van der Waals surface area contributed by atoms with Gasteiger partial charge in [0.05, 0.1) is 41.6 Å². The lowest BCUT2D eigenvalue weighted by Crippen LogP contribution is -2.38. The third kappa shape index (κ3) is 5.60. The first-order chi connectivity index (χ1) is 23.0. The smallest absolute Gasteiger partial charge is 0.244 e. The summed E-state index contributed by atoms with van der Waals surface area (Å²) < 4.78 is 15.6. The Hall–Kier alpha value is -5.19. The SMILES string of the molecule is N[C@@H](C(=O)N1CCC[C@H]1c1ncc(-c2ccc(-c3cc4ccc(-c5cnc([C@@H]6CCCN6)[nH]5)cc4cn3)cc2F)[nH]1)c1ccccc1. The lowest BCUT2D eigenvalue weighted by Gasteiger charge is -2.26. The Kier molecular flexibility index (Phi) is 7.59. The molecule has 3 atom stereocenters. The van der Waals surface area contributed by atoms with Crippen LogP contribution in [0.2, 0.25) is 0 Å². The van der Waals surface area contributed by atoms with Crippen LogP contribution in [-0.2, 0) is 4.79 Å². The number of nitrogens with zero attached hydrogens (tertiary/aromatic N) is 4. The van der Waals surface area contributed by atoms with Crippen LogP contribution in [0, 0.1) is 5.82 Å². The molecule has 2 saturated heterocycles. The molecule has 0 radical (unpaired) electrons. The standard InChI is InChI=1S/C37H35FN8O/c38-28-17-25(30-18-23-10-11-24(16-26(23)19-41-30)31-20-42-35(44-31)29-8-4-14-40-29)12-13-27(28)32-21-43-36(45-32)33-9-5-15-46(33)37(47)34(39)22-6-2-1-3-7-22/h1-3,6-7,10-13,16-21,29,33-34,40H,4-5,8-9,14-15,39H2,(H,42,44)(H,43,45)/t29-,33-,34+/m0/s1. The Morgan fingerprint density at radius 1 is 0.830 bits per heavy atom. The van der Waals surface area contributed by atoms with Gasteiger partial charge in [-0.2, -0.15) is 0 Å². The van der Waals surface area contributed by atoms with Crippen LogP contribution in [-0.4, -0.2) is 48.8 Å². The molecule has 0 aliphatic carbocycles. The van der Waals surface area contributed by atoms with Crippen molar-refractivity contribution in [3.05, 3.63) is 114 Å². The molecular formula is C37H35FN8O. The number of hydrogen-bond acceptors (Lipinski definition) is 6. The number of pyridine rings is 1. The number of imidazole rings is 2. The highest BCUT2D eigenvalue weighted by Crippen LogP contribution is 2.35. The number of likely N-dealkylation sites (tertiary alicyclic amines) is 1. The number of nitrogens with one attached hydrogen (secondary N) is 3. The van der Waals surface area contributed by atoms with Gasteiger partial charge >= 0.3 is 0 Å². The van der Waals surface area contributed by atoms with Crippen LogP contribution < -0.4 is 11.1 Å². The van der Waals surface area contributed by atoms with Gasteiger partial charge in [0, 0.05) is 34.8 Å². The summed E-state index contributed by atoms with van der Waals surface area (Å²) in [4.78, 5) is 35.7. The Balaban J connectivity index is 0.994. The van der Waals surface area contributed by atoms with E-state index in [4.69, 9.17) is 5.73 Å². The largest absolute Gasteiger partial charge is 0.341 e. The Morgan fingerprint density at radius 3 is 2.47 bits per heavy atom. The van der Waals surface area contributed by atoms with E-state index in [0.717, 1.165) is 65.6 Å². The zero-order valence-electron chi connectivity index (χ0n) is 25.8. The zero-order chi connectivity index (χ0) is 31.9. The fourth-order valence-electron chi connectivity index (χ4n) is 6.88. The molecule has 0 unspecified atom stereocenters. The number of rotatable bonds is 7. The number of halogens is 1. The fraction of sp³-hybridized carbons (Fsp3) is 0.243. The van der Waals surface area contributed by atoms with E-state index in [1.807, 2.05) is 54.9 Å². The fourth-order valence-corrected chi connectivity index (χ4v) is 6.88. The highest BCUT2D eigenvalue weighted by atomic mass is 19.1. The number of H-pyrrole nitrogens is 2. The molecule has 2 aliphatic heterocycles. The maximum absolute atomic E-state index is 15.6. The minimum Gasteiger partial charge on any atom is -0.341 e. The monoisotopic (exact) mass is 626 g/mol. The number of aromatic nitrogens is 5. The summed E-state index contributed by atoms with van der Waals surface area (Å²) in [7, 11) is 0. The van der Waals surface area contributed by atoms with Crippen LogP contribution in [0.25, 0.3) is 44.5 Å². The van der Waals surface area contributed by atoms with Crippen molar-refractivity contribution in [2.24, 2.45) is 5.73 Å². The van der Waals surface area contributed by atoms with Gasteiger partial charge in [0.25, 0.3) is 0 Å². The summed E-state index contributed by atoms with van der Waals surface area (Å²) in [6, 6.07) is 22.0. The van der Waals surface area contributed by atoms with Crippen molar-refractivity contribution in [3.8, 4) is 33.8 Å². The van der Waals surface area contributed by atoms with Crippen molar-refractivity contribution in [1.82, 2.24) is 35.1 Å². The normalized spacial score (nSPS) is 18.6. The average Bonchev–Trinajstić information content (AvgIpc) is 3.94. The van der Waals surface area contributed by atoms with E-state index in [1.165, 1.54) is 6.07 Å². The van der Waals surface area contributed by atoms with Crippen molar-refractivity contribution in [2.45, 2.75) is 43.8 Å². The molecule has 9 nitrogen and oxygen atoms in total. The summed E-state index contributed by atoms with van der Waals surface area (Å²) in [5, 5.41) is 5.49. The number of benzene rings is 3. The predicted octanol–water partition coefficient (Wildman–Crippen LogP) is 6.61. The molecule has 1 amide bonds. The Labute approximate surface area is 271 Å². The number of nitrogens with two attached hydrogens (primary N) is 1. The lowest BCUT2D eigenvalue weighted by molar-refractivity contribution is -0.133. The summed E-state index contributed by atoms with van der Waals surface area (Å²) in [6.45, 7) is 1.63. The molecule has 5 heterocycles. The second-order valence-corrected chi connectivity index (χ2v) is 12.4. The minimum absolute atomic E-state index is 0.140. The van der Waals surface area contributed by atoms with Crippen LogP contribution in [0.1, 0.15) is 61.0 Å². The van der Waals surface area contributed by atoms with Crippen LogP contribution in [0.5, 0.6) is 0 Å². The zero-order valence-corrected chi connectivity index (χ0v) is 25.8. The second kappa shape index (κ2) is 12.2. The third-order valence-corrected chi connectivity index (χ3v) is 9.45. The van der Waals surface area contributed by atoms with E-state index in [-0.39, 0.29) is 23.8 Å². The molecule has 8 rings (SSSR count). The predicted molar refractivity (Wildman–Crippen MR) is 179 cm³/mol. The molecule has 6 aromatic rings. The van der Waals surface area contributed by atoms with E-state index in [9.17, 15) is 4.79 Å². The van der Waals surface area contributed by atoms with Gasteiger partial charge in [-0.3, -0.25) is 9.78 Å². The molecule has 236 valence electrons. The first-order valence-electron chi connectivity index (χ1n) is 16.2. The van der Waals surface area contributed by atoms with E-state index in [1.54, 1.807) is 17.2 Å². The van der Waals surface area contributed by atoms with Gasteiger partial charge in [0.1, 0.15) is 23.5 Å². The maximum atomic E-state index is 15.6. The summed E-state index contributed by atoms with van der Waals surface area (Å²) in [5.74, 6) is 1.08. The molecule has 2 fully saturated rings. The van der Waals surface area contributed by atoms with E-state index < -0.39 is 6.04 Å². The number of hydrogen-bond donors (Lipinski definition) is 4. The topological polar surface area (TPSA) is 129 Å². The molecule has 2 aliphatic rings. The van der Waals surface area contributed by atoms with E-state index in [2.05, 4.69) is 48.4 Å². The van der Waals surface area contributed by atoms with Crippen molar-refractivity contribution >= 4 is 16.7 Å². The van der Waals surface area contributed by atoms with Gasteiger partial charge in [-0.05, 0) is 67.4 Å². The van der Waals surface area contributed by atoms with Crippen molar-refractivity contribution in [1.29, 1.82) is 0 Å². The molecule has 0 saturated carbocycles. The summed E-state index contributed by atoms with van der Waals surface area (Å²) in [6.07, 6.45) is 9.21. The van der Waals surface area contributed by atoms with Crippen molar-refractivity contribution < 1.29 is 9.18 Å². The highest BCUT2D eigenvalue weighted by Gasteiger charge is 2.35. The van der Waals surface area contributed by atoms with Crippen LogP contribution in [0.3, 0.4) is 0 Å². The number of fused-ring (bicyclic) bond motifs is 1. The summed E-state index contributed by atoms with van der Waals surface area (Å²) in [5.41, 5.74) is 11.5. The molecular weight excluding hydrogens is 591 g/mol. The highest BCUT2D eigenvalue weighted by molar-refractivity contribution is 5.89. The molecule has 10 heteroatoms. The number of amides is 1. The Morgan fingerprint density at radius 2 is 1.64 bits per heavy atom. The summed E-state index contributed by atoms with van der Waals surface area (Å²) >= 11 is 0. The molecule has 0 spiro atoms. The lowest BCUT2D eigenvalue weighted by atomic mass is 10.0. The number of carbonyl (C=O) groups excluding carboxylic acids is 1. The minimum atomic E-state index is -0.745. The van der Waals surface area contributed by atoms with Crippen LogP contribution >= 0.6 is 0 Å². The first-order valence-corrected chi connectivity index (χ1v) is 16.2. The van der Waals surface area contributed by atoms with E-state index in [0.29, 0.717) is 34.9 Å². The first kappa shape index (κ1) is 29.2. The quantitative estimate of drug-likeness (QED) is 0.158. The van der Waals surface area contributed by atoms with Gasteiger partial charge in [-0.1, -0.05) is 48.5 Å².